The van der Waals surface area contributed by atoms with Crippen LogP contribution in [-0.2, 0) is 29.6 Å². The quantitative estimate of drug-likeness (QED) is 0.284. The predicted molar refractivity (Wildman–Crippen MR) is 103 cm³/mol. The Morgan fingerprint density at radius 3 is 1.94 bits per heavy atom. The molecule has 0 aromatic rings. The molecule has 0 bridgehead atoms. The Kier molecular flexibility index (Phi) is 11.7. The highest BCUT2D eigenvalue weighted by molar-refractivity contribution is 8.05. The third kappa shape index (κ3) is 10.2. The number of halogens is 6. The van der Waals surface area contributed by atoms with Crippen molar-refractivity contribution in [1.29, 1.82) is 0 Å². The highest BCUT2D eigenvalue weighted by Gasteiger charge is 2.55. The maximum absolute atomic E-state index is 11.7. The van der Waals surface area contributed by atoms with Crippen LogP contribution in [0.1, 0.15) is 39.5 Å². The van der Waals surface area contributed by atoms with E-state index in [0.29, 0.717) is 13.2 Å². The van der Waals surface area contributed by atoms with Gasteiger partial charge in [-0.05, 0) is 31.2 Å². The van der Waals surface area contributed by atoms with Gasteiger partial charge in [-0.15, -0.1) is 0 Å². The SMILES string of the molecule is CCCCOC(=O)C1=CC=CN(CCCC)C1.O=S(=O)(NS(=O)(=O)C(F)(F)F)C(F)(F)F. The second-order valence-corrected chi connectivity index (χ2v) is 9.93. The van der Waals surface area contributed by atoms with Gasteiger partial charge < -0.3 is 9.64 Å². The molecular weight excluding hydrogens is 494 g/mol. The summed E-state index contributed by atoms with van der Waals surface area (Å²) in [6, 6.07) is 0. The third-order valence-corrected chi connectivity index (χ3v) is 6.56. The summed E-state index contributed by atoms with van der Waals surface area (Å²) in [5.41, 5.74) is -11.5. The van der Waals surface area contributed by atoms with E-state index < -0.39 is 35.2 Å². The van der Waals surface area contributed by atoms with Crippen LogP contribution in [0.4, 0.5) is 26.3 Å². The van der Waals surface area contributed by atoms with E-state index in [2.05, 4.69) is 18.7 Å². The minimum Gasteiger partial charge on any atom is -0.462 e. The maximum atomic E-state index is 11.7. The lowest BCUT2D eigenvalue weighted by molar-refractivity contribution is -0.139. The Morgan fingerprint density at radius 1 is 1.00 bits per heavy atom. The first kappa shape index (κ1) is 30.2. The van der Waals surface area contributed by atoms with Crippen LogP contribution in [-0.4, -0.2) is 58.4 Å². The summed E-state index contributed by atoms with van der Waals surface area (Å²) in [5.74, 6) is -0.163. The van der Waals surface area contributed by atoms with Gasteiger partial charge in [-0.25, -0.2) is 21.6 Å². The number of carbonyl (C=O) groups excluding carboxylic acids is 1. The summed E-state index contributed by atoms with van der Waals surface area (Å²) in [5, 5.41) is 0. The van der Waals surface area contributed by atoms with Gasteiger partial charge in [-0.1, -0.05) is 30.8 Å². The molecule has 1 heterocycles. The molecule has 0 aliphatic carbocycles. The van der Waals surface area contributed by atoms with Crippen molar-refractivity contribution >= 4 is 26.0 Å². The molecule has 0 radical (unpaired) electrons. The molecule has 0 atom stereocenters. The van der Waals surface area contributed by atoms with Gasteiger partial charge in [0.15, 0.2) is 0 Å². The fourth-order valence-corrected chi connectivity index (χ4v) is 3.80. The summed E-state index contributed by atoms with van der Waals surface area (Å²) in [7, 11) is -13.2. The van der Waals surface area contributed by atoms with E-state index in [9.17, 15) is 48.0 Å². The number of rotatable bonds is 9. The first-order valence-corrected chi connectivity index (χ1v) is 12.1. The smallest absolute Gasteiger partial charge is 0.462 e. The number of ether oxygens (including phenoxy) is 1. The van der Waals surface area contributed by atoms with Crippen molar-refractivity contribution in [2.75, 3.05) is 19.7 Å². The van der Waals surface area contributed by atoms with Crippen LogP contribution < -0.4 is 4.13 Å². The summed E-state index contributed by atoms with van der Waals surface area (Å²) in [6.45, 7) is 6.48. The van der Waals surface area contributed by atoms with Crippen molar-refractivity contribution in [2.24, 2.45) is 0 Å². The number of hydrogen-bond donors (Lipinski definition) is 1. The number of nitrogens with zero attached hydrogens (tertiary/aromatic N) is 1. The first-order valence-electron chi connectivity index (χ1n) is 9.18. The number of carbonyl (C=O) groups is 1. The van der Waals surface area contributed by atoms with Gasteiger partial charge in [0, 0.05) is 13.1 Å². The molecule has 0 unspecified atom stereocenters. The minimum absolute atomic E-state index is 0.163. The monoisotopic (exact) mass is 518 g/mol. The van der Waals surface area contributed by atoms with Crippen LogP contribution in [0, 0.1) is 0 Å². The lowest BCUT2D eigenvalue weighted by Gasteiger charge is -2.23. The molecule has 0 spiro atoms. The van der Waals surface area contributed by atoms with Crippen LogP contribution >= 0.6 is 0 Å². The average molecular weight is 518 g/mol. The van der Waals surface area contributed by atoms with E-state index in [1.165, 1.54) is 6.42 Å². The molecule has 1 rings (SSSR count). The van der Waals surface area contributed by atoms with Gasteiger partial charge in [-0.2, -0.15) is 26.3 Å². The van der Waals surface area contributed by atoms with Crippen molar-refractivity contribution in [1.82, 2.24) is 9.03 Å². The van der Waals surface area contributed by atoms with Crippen molar-refractivity contribution in [3.63, 3.8) is 0 Å². The highest BCUT2D eigenvalue weighted by Crippen LogP contribution is 2.27. The van der Waals surface area contributed by atoms with Crippen molar-refractivity contribution in [2.45, 2.75) is 50.5 Å². The van der Waals surface area contributed by atoms with Crippen LogP contribution in [0.15, 0.2) is 23.9 Å². The summed E-state index contributed by atoms with van der Waals surface area (Å²) in [6.07, 6.45) is 10.1. The highest BCUT2D eigenvalue weighted by atomic mass is 32.3. The number of sulfonamides is 2. The molecule has 1 N–H and O–H groups in total. The van der Waals surface area contributed by atoms with Gasteiger partial charge >= 0.3 is 37.0 Å². The lowest BCUT2D eigenvalue weighted by Crippen LogP contribution is -2.45. The predicted octanol–water partition coefficient (Wildman–Crippen LogP) is 3.16. The zero-order chi connectivity index (χ0) is 25.2. The molecular formula is C16H24F6N2O6S2. The molecule has 1 aliphatic rings. The average Bonchev–Trinajstić information content (AvgIpc) is 2.64. The van der Waals surface area contributed by atoms with Gasteiger partial charge in [0.25, 0.3) is 0 Å². The van der Waals surface area contributed by atoms with E-state index in [-0.39, 0.29) is 5.97 Å². The van der Waals surface area contributed by atoms with Gasteiger partial charge in [-0.3, -0.25) is 0 Å². The Hall–Kier alpha value is -1.81. The van der Waals surface area contributed by atoms with Crippen molar-refractivity contribution in [3.05, 3.63) is 23.9 Å². The minimum atomic E-state index is -6.60. The van der Waals surface area contributed by atoms with E-state index in [0.717, 1.165) is 31.4 Å². The summed E-state index contributed by atoms with van der Waals surface area (Å²) >= 11 is 0. The Morgan fingerprint density at radius 2 is 1.50 bits per heavy atom. The largest absolute Gasteiger partial charge is 0.512 e. The molecule has 1 aliphatic heterocycles. The van der Waals surface area contributed by atoms with Crippen LogP contribution in [0.25, 0.3) is 0 Å². The van der Waals surface area contributed by atoms with Gasteiger partial charge in [0.2, 0.25) is 0 Å². The van der Waals surface area contributed by atoms with E-state index in [1.54, 1.807) is 0 Å². The molecule has 0 fully saturated rings. The van der Waals surface area contributed by atoms with E-state index in [4.69, 9.17) is 4.74 Å². The Labute approximate surface area is 182 Å². The second-order valence-electron chi connectivity index (χ2n) is 6.33. The van der Waals surface area contributed by atoms with Crippen LogP contribution in [0.2, 0.25) is 0 Å². The van der Waals surface area contributed by atoms with E-state index >= 15 is 0 Å². The van der Waals surface area contributed by atoms with Crippen molar-refractivity contribution < 1.29 is 52.7 Å². The summed E-state index contributed by atoms with van der Waals surface area (Å²) < 4.78 is 114. The second kappa shape index (κ2) is 12.4. The fraction of sp³-hybridized carbons (Fsp3) is 0.688. The number of esters is 1. The van der Waals surface area contributed by atoms with Crippen molar-refractivity contribution in [3.8, 4) is 0 Å². The van der Waals surface area contributed by atoms with Crippen LogP contribution in [0.3, 0.4) is 0 Å². The zero-order valence-electron chi connectivity index (χ0n) is 17.2. The third-order valence-electron chi connectivity index (χ3n) is 3.59. The number of allylic oxidation sites excluding steroid dienone is 2. The molecule has 0 aromatic carbocycles. The molecule has 188 valence electrons. The fourth-order valence-electron chi connectivity index (χ4n) is 1.89. The molecule has 0 saturated carbocycles. The molecule has 0 saturated heterocycles. The number of hydrogen-bond acceptors (Lipinski definition) is 7. The topological polar surface area (TPSA) is 110 Å². The molecule has 16 heteroatoms. The summed E-state index contributed by atoms with van der Waals surface area (Å²) in [4.78, 5) is 13.9. The number of unbranched alkanes of at least 4 members (excludes halogenated alkanes) is 2. The molecule has 8 nitrogen and oxygen atoms in total. The standard InChI is InChI=1S/C14H23NO2.C2HF6NO4S2/c1-3-5-9-15-10-7-8-13(12-15)14(16)17-11-6-4-2;3-1(4,5)14(10,11)9-15(12,13)2(6,7)8/h7-8,10H,3-6,9,11-12H2,1-2H3;9H. The lowest BCUT2D eigenvalue weighted by atomic mass is 10.2. The van der Waals surface area contributed by atoms with E-state index in [1.807, 2.05) is 18.4 Å². The number of alkyl halides is 6. The zero-order valence-corrected chi connectivity index (χ0v) is 18.8. The molecule has 32 heavy (non-hydrogen) atoms. The first-order chi connectivity index (χ1) is 14.5. The normalized spacial score (nSPS) is 15.0. The maximum Gasteiger partial charge on any atom is 0.512 e. The molecule has 0 aromatic heterocycles. The van der Waals surface area contributed by atoms with Crippen LogP contribution in [0.5, 0.6) is 0 Å². The van der Waals surface area contributed by atoms with Gasteiger partial charge in [0.05, 0.1) is 12.2 Å². The number of nitrogens with one attached hydrogen (secondary N) is 1. The Bertz CT molecular complexity index is 838. The van der Waals surface area contributed by atoms with Gasteiger partial charge in [0.1, 0.15) is 0 Å². The Balaban J connectivity index is 0.000000607. The molecule has 0 amide bonds.